The van der Waals surface area contributed by atoms with E-state index in [9.17, 15) is 10.1 Å². The van der Waals surface area contributed by atoms with E-state index in [0.29, 0.717) is 11.3 Å². The lowest BCUT2D eigenvalue weighted by Gasteiger charge is -2.15. The smallest absolute Gasteiger partial charge is 0.278 e. The largest absolute Gasteiger partial charge is 0.301 e. The maximum absolute atomic E-state index is 11.2. The van der Waals surface area contributed by atoms with E-state index in [1.54, 1.807) is 29.5 Å². The third-order valence-corrected chi connectivity index (χ3v) is 4.87. The Balaban J connectivity index is 0.00000117. The van der Waals surface area contributed by atoms with E-state index in [0.717, 1.165) is 23.7 Å². The van der Waals surface area contributed by atoms with Gasteiger partial charge in [-0.15, -0.1) is 11.3 Å². The van der Waals surface area contributed by atoms with Gasteiger partial charge in [0.25, 0.3) is 5.69 Å². The van der Waals surface area contributed by atoms with Crippen molar-refractivity contribution in [3.63, 3.8) is 0 Å². The Hall–Kier alpha value is -2.25. The lowest BCUT2D eigenvalue weighted by molar-refractivity contribution is -0.384. The minimum absolute atomic E-state index is 0.0878. The van der Waals surface area contributed by atoms with Crippen LogP contribution in [0.25, 0.3) is 16.2 Å². The Bertz CT molecular complexity index is 856. The van der Waals surface area contributed by atoms with Crippen LogP contribution in [0.1, 0.15) is 39.3 Å². The second-order valence-electron chi connectivity index (χ2n) is 5.87. The predicted octanol–water partition coefficient (Wildman–Crippen LogP) is 5.23. The molecule has 2 heterocycles. The van der Waals surface area contributed by atoms with Gasteiger partial charge in [-0.05, 0) is 26.1 Å². The fourth-order valence-electron chi connectivity index (χ4n) is 2.71. The molecular formula is C19H26N4O2S. The van der Waals surface area contributed by atoms with Gasteiger partial charge in [-0.25, -0.2) is 4.98 Å². The molecule has 6 nitrogen and oxygen atoms in total. The predicted molar refractivity (Wildman–Crippen MR) is 108 cm³/mol. The number of aromatic nitrogens is 2. The third kappa shape index (κ3) is 4.47. The van der Waals surface area contributed by atoms with E-state index < -0.39 is 0 Å². The van der Waals surface area contributed by atoms with Gasteiger partial charge < -0.3 is 4.90 Å². The number of hydrogen-bond acceptors (Lipinski definition) is 5. The summed E-state index contributed by atoms with van der Waals surface area (Å²) in [5.74, 6) is 0. The molecule has 7 heteroatoms. The highest BCUT2D eigenvalue weighted by Gasteiger charge is 2.18. The molecule has 0 radical (unpaired) electrons. The number of fused-ring (bicyclic) bond motifs is 1. The van der Waals surface area contributed by atoms with E-state index in [2.05, 4.69) is 29.2 Å². The summed E-state index contributed by atoms with van der Waals surface area (Å²) in [7, 11) is 2.11. The third-order valence-electron chi connectivity index (χ3n) is 3.99. The zero-order chi connectivity index (χ0) is 19.1. The highest BCUT2D eigenvalue weighted by atomic mass is 32.1. The van der Waals surface area contributed by atoms with E-state index in [-0.39, 0.29) is 10.6 Å². The van der Waals surface area contributed by atoms with Gasteiger partial charge in [0, 0.05) is 29.9 Å². The summed E-state index contributed by atoms with van der Waals surface area (Å²) >= 11 is 1.56. The van der Waals surface area contributed by atoms with E-state index in [4.69, 9.17) is 0 Å². The second kappa shape index (κ2) is 9.45. The quantitative estimate of drug-likeness (QED) is 0.420. The van der Waals surface area contributed by atoms with Gasteiger partial charge in [0.05, 0.1) is 16.2 Å². The number of nitro groups is 1. The van der Waals surface area contributed by atoms with Gasteiger partial charge in [0.2, 0.25) is 0 Å². The molecule has 0 saturated carbocycles. The number of thiazole rings is 1. The van der Waals surface area contributed by atoms with Crippen LogP contribution in [0.2, 0.25) is 0 Å². The van der Waals surface area contributed by atoms with Crippen LogP contribution in [-0.4, -0.2) is 32.8 Å². The van der Waals surface area contributed by atoms with Gasteiger partial charge >= 0.3 is 0 Å². The van der Waals surface area contributed by atoms with Crippen molar-refractivity contribution in [1.82, 2.24) is 14.3 Å². The molecule has 0 fully saturated rings. The molecule has 3 rings (SSSR count). The van der Waals surface area contributed by atoms with Gasteiger partial charge in [0.15, 0.2) is 4.96 Å². The summed E-state index contributed by atoms with van der Waals surface area (Å²) in [6.45, 7) is 8.08. The molecule has 0 aliphatic rings. The van der Waals surface area contributed by atoms with E-state index in [1.807, 2.05) is 24.4 Å². The SMILES string of the molecule is CC.CCCCN(C)Cc1csc2nc(-c3ccccc3[N+](=O)[O-])cn12. The first-order chi connectivity index (χ1) is 12.6. The first-order valence-corrected chi connectivity index (χ1v) is 9.86. The van der Waals surface area contributed by atoms with Crippen LogP contribution in [0.5, 0.6) is 0 Å². The Labute approximate surface area is 158 Å². The van der Waals surface area contributed by atoms with Crippen molar-refractivity contribution in [2.45, 2.75) is 40.2 Å². The van der Waals surface area contributed by atoms with E-state index in [1.165, 1.54) is 18.9 Å². The number of hydrogen-bond donors (Lipinski definition) is 0. The Kier molecular flexibility index (Phi) is 7.29. The molecule has 140 valence electrons. The zero-order valence-corrected chi connectivity index (χ0v) is 16.6. The maximum Gasteiger partial charge on any atom is 0.278 e. The van der Waals surface area contributed by atoms with Crippen LogP contribution in [-0.2, 0) is 6.54 Å². The van der Waals surface area contributed by atoms with Gasteiger partial charge in [0.1, 0.15) is 0 Å². The highest BCUT2D eigenvalue weighted by molar-refractivity contribution is 7.15. The van der Waals surface area contributed by atoms with Gasteiger partial charge in [-0.2, -0.15) is 0 Å². The minimum atomic E-state index is -0.359. The first-order valence-electron chi connectivity index (χ1n) is 8.98. The monoisotopic (exact) mass is 374 g/mol. The Morgan fingerprint density at radius 2 is 2.04 bits per heavy atom. The molecule has 0 saturated heterocycles. The first kappa shape index (κ1) is 20.1. The highest BCUT2D eigenvalue weighted by Crippen LogP contribution is 2.30. The van der Waals surface area contributed by atoms with Crippen LogP contribution in [0, 0.1) is 10.1 Å². The number of nitrogens with zero attached hydrogens (tertiary/aromatic N) is 4. The molecule has 0 bridgehead atoms. The number of imidazole rings is 1. The number of nitro benzene ring substituents is 1. The number of para-hydroxylation sites is 1. The summed E-state index contributed by atoms with van der Waals surface area (Å²) < 4.78 is 2.04. The fraction of sp³-hybridized carbons (Fsp3) is 0.421. The second-order valence-corrected chi connectivity index (χ2v) is 6.71. The molecule has 0 N–H and O–H groups in total. The number of benzene rings is 1. The Morgan fingerprint density at radius 3 is 2.73 bits per heavy atom. The van der Waals surface area contributed by atoms with Gasteiger partial charge in [-0.1, -0.05) is 39.3 Å². The molecule has 0 amide bonds. The van der Waals surface area contributed by atoms with Crippen molar-refractivity contribution in [3.05, 3.63) is 51.7 Å². The molecule has 1 aromatic carbocycles. The molecule has 3 aromatic rings. The average molecular weight is 375 g/mol. The molecule has 0 aliphatic heterocycles. The number of rotatable bonds is 7. The normalized spacial score (nSPS) is 10.8. The maximum atomic E-state index is 11.2. The molecule has 0 atom stereocenters. The van der Waals surface area contributed by atoms with Crippen LogP contribution in [0.4, 0.5) is 5.69 Å². The molecule has 0 spiro atoms. The van der Waals surface area contributed by atoms with Crippen LogP contribution in [0.3, 0.4) is 0 Å². The van der Waals surface area contributed by atoms with Gasteiger partial charge in [-0.3, -0.25) is 14.5 Å². The lowest BCUT2D eigenvalue weighted by Crippen LogP contribution is -2.19. The topological polar surface area (TPSA) is 63.7 Å². The van der Waals surface area contributed by atoms with Crippen molar-refractivity contribution in [2.75, 3.05) is 13.6 Å². The minimum Gasteiger partial charge on any atom is -0.301 e. The summed E-state index contributed by atoms with van der Waals surface area (Å²) in [5, 5.41) is 13.3. The zero-order valence-electron chi connectivity index (χ0n) is 15.8. The van der Waals surface area contributed by atoms with Crippen molar-refractivity contribution in [1.29, 1.82) is 0 Å². The van der Waals surface area contributed by atoms with Crippen LogP contribution >= 0.6 is 11.3 Å². The molecule has 0 aliphatic carbocycles. The molecule has 2 aromatic heterocycles. The van der Waals surface area contributed by atoms with Crippen molar-refractivity contribution in [2.24, 2.45) is 0 Å². The van der Waals surface area contributed by atoms with Crippen molar-refractivity contribution < 1.29 is 4.92 Å². The van der Waals surface area contributed by atoms with E-state index >= 15 is 0 Å². The summed E-state index contributed by atoms with van der Waals surface area (Å²) in [4.78, 5) is 18.6. The van der Waals surface area contributed by atoms with Crippen LogP contribution < -0.4 is 0 Å². The van der Waals surface area contributed by atoms with Crippen molar-refractivity contribution >= 4 is 22.0 Å². The van der Waals surface area contributed by atoms with Crippen molar-refractivity contribution in [3.8, 4) is 11.3 Å². The lowest BCUT2D eigenvalue weighted by atomic mass is 10.1. The molecule has 26 heavy (non-hydrogen) atoms. The van der Waals surface area contributed by atoms with Crippen LogP contribution in [0.15, 0.2) is 35.8 Å². The standard InChI is InChI=1S/C17H20N4O2S.C2H6/c1-3-4-9-19(2)10-13-12-24-17-18-15(11-20(13)17)14-7-5-6-8-16(14)21(22)23;1-2/h5-8,11-12H,3-4,9-10H2,1-2H3;1-2H3. The molecular weight excluding hydrogens is 348 g/mol. The Morgan fingerprint density at radius 1 is 1.31 bits per heavy atom. The summed E-state index contributed by atoms with van der Waals surface area (Å²) in [6.07, 6.45) is 4.25. The number of unbranched alkanes of at least 4 members (excludes halogenated alkanes) is 1. The summed E-state index contributed by atoms with van der Waals surface area (Å²) in [5.41, 5.74) is 2.45. The molecule has 0 unspecified atom stereocenters. The average Bonchev–Trinajstić information content (AvgIpc) is 3.23. The summed E-state index contributed by atoms with van der Waals surface area (Å²) in [6, 6.07) is 6.74. The fourth-order valence-corrected chi connectivity index (χ4v) is 3.57.